The maximum absolute atomic E-state index is 9.23. The zero-order chi connectivity index (χ0) is 20.0. The minimum absolute atomic E-state index is 0.247. The van der Waals surface area contributed by atoms with Crippen LogP contribution in [-0.2, 0) is 17.8 Å². The van der Waals surface area contributed by atoms with E-state index in [2.05, 4.69) is 53.6 Å². The van der Waals surface area contributed by atoms with Crippen LogP contribution in [0, 0.1) is 5.92 Å². The molecule has 0 amide bonds. The van der Waals surface area contributed by atoms with Crippen molar-refractivity contribution in [1.82, 2.24) is 15.5 Å². The fourth-order valence-electron chi connectivity index (χ4n) is 3.46. The summed E-state index contributed by atoms with van der Waals surface area (Å²) in [5, 5.41) is 16.0. The number of ether oxygens (including phenoxy) is 1. The molecule has 1 heterocycles. The largest absolute Gasteiger partial charge is 0.396 e. The molecule has 0 spiro atoms. The molecule has 0 radical (unpaired) electrons. The lowest BCUT2D eigenvalue weighted by Gasteiger charge is -2.26. The summed E-state index contributed by atoms with van der Waals surface area (Å²) >= 11 is 0. The van der Waals surface area contributed by atoms with Crippen LogP contribution in [-0.4, -0.2) is 62.0 Å². The van der Waals surface area contributed by atoms with Gasteiger partial charge < -0.3 is 20.5 Å². The van der Waals surface area contributed by atoms with Crippen molar-refractivity contribution in [3.8, 4) is 0 Å². The first-order valence-electron chi connectivity index (χ1n) is 10.8. The molecular weight excluding hydrogens is 352 g/mol. The molecule has 1 saturated heterocycles. The van der Waals surface area contributed by atoms with Crippen LogP contribution in [0.3, 0.4) is 0 Å². The highest BCUT2D eigenvalue weighted by Gasteiger charge is 2.11. The topological polar surface area (TPSA) is 69.1 Å². The molecule has 1 aliphatic heterocycles. The van der Waals surface area contributed by atoms with Crippen LogP contribution in [0.5, 0.6) is 0 Å². The van der Waals surface area contributed by atoms with Gasteiger partial charge in [-0.25, -0.2) is 4.99 Å². The van der Waals surface area contributed by atoms with Gasteiger partial charge in [0.05, 0.1) is 19.8 Å². The molecule has 0 bridgehead atoms. The fraction of sp³-hybridized carbons (Fsp3) is 0.682. The van der Waals surface area contributed by atoms with Gasteiger partial charge >= 0.3 is 0 Å². The normalized spacial score (nSPS) is 16.8. The molecule has 0 aromatic heterocycles. The molecule has 1 unspecified atom stereocenters. The van der Waals surface area contributed by atoms with Crippen molar-refractivity contribution in [1.29, 1.82) is 0 Å². The number of aliphatic hydroxyl groups is 1. The van der Waals surface area contributed by atoms with Gasteiger partial charge in [0, 0.05) is 39.3 Å². The van der Waals surface area contributed by atoms with Crippen molar-refractivity contribution in [3.63, 3.8) is 0 Å². The maximum atomic E-state index is 9.23. The van der Waals surface area contributed by atoms with Crippen LogP contribution in [0.25, 0.3) is 0 Å². The summed E-state index contributed by atoms with van der Waals surface area (Å²) in [6.07, 6.45) is 3.10. The van der Waals surface area contributed by atoms with Crippen LogP contribution in [0.4, 0.5) is 0 Å². The van der Waals surface area contributed by atoms with Crippen LogP contribution in [0.1, 0.15) is 44.2 Å². The number of morpholine rings is 1. The summed E-state index contributed by atoms with van der Waals surface area (Å²) < 4.78 is 5.41. The van der Waals surface area contributed by atoms with E-state index >= 15 is 0 Å². The molecular formula is C22H38N4O2. The fourth-order valence-corrected chi connectivity index (χ4v) is 3.46. The smallest absolute Gasteiger partial charge is 0.191 e. The van der Waals surface area contributed by atoms with Crippen molar-refractivity contribution in [2.75, 3.05) is 46.0 Å². The van der Waals surface area contributed by atoms with E-state index in [1.165, 1.54) is 11.1 Å². The van der Waals surface area contributed by atoms with Crippen molar-refractivity contribution in [2.45, 2.75) is 46.2 Å². The lowest BCUT2D eigenvalue weighted by atomic mass is 10.0. The van der Waals surface area contributed by atoms with Gasteiger partial charge in [0.1, 0.15) is 0 Å². The average molecular weight is 391 g/mol. The van der Waals surface area contributed by atoms with Gasteiger partial charge in [-0.15, -0.1) is 0 Å². The number of guanidine groups is 1. The van der Waals surface area contributed by atoms with Gasteiger partial charge in [-0.3, -0.25) is 4.90 Å². The Morgan fingerprint density at radius 3 is 2.46 bits per heavy atom. The molecule has 1 fully saturated rings. The van der Waals surface area contributed by atoms with Crippen LogP contribution < -0.4 is 10.6 Å². The Morgan fingerprint density at radius 1 is 1.11 bits per heavy atom. The van der Waals surface area contributed by atoms with Gasteiger partial charge in [-0.1, -0.05) is 37.6 Å². The SMILES string of the molecule is CCCC(CCO)CNC(=NCc1ccc(CN2CCOCC2)cc1)NCC. The Hall–Kier alpha value is -1.63. The van der Waals surface area contributed by atoms with Crippen molar-refractivity contribution in [3.05, 3.63) is 35.4 Å². The molecule has 0 saturated carbocycles. The van der Waals surface area contributed by atoms with E-state index in [9.17, 15) is 5.11 Å². The third-order valence-electron chi connectivity index (χ3n) is 5.09. The Kier molecular flexibility index (Phi) is 10.9. The monoisotopic (exact) mass is 390 g/mol. The van der Waals surface area contributed by atoms with Gasteiger partial charge in [-0.05, 0) is 36.8 Å². The van der Waals surface area contributed by atoms with Crippen molar-refractivity contribution in [2.24, 2.45) is 10.9 Å². The highest BCUT2D eigenvalue weighted by atomic mass is 16.5. The second-order valence-electron chi connectivity index (χ2n) is 7.45. The van der Waals surface area contributed by atoms with E-state index in [4.69, 9.17) is 9.73 Å². The van der Waals surface area contributed by atoms with Gasteiger partial charge in [-0.2, -0.15) is 0 Å². The van der Waals surface area contributed by atoms with Crippen LogP contribution in [0.2, 0.25) is 0 Å². The van der Waals surface area contributed by atoms with Crippen molar-refractivity contribution >= 4 is 5.96 Å². The van der Waals surface area contributed by atoms with Crippen LogP contribution in [0.15, 0.2) is 29.3 Å². The molecule has 6 heteroatoms. The van der Waals surface area contributed by atoms with Gasteiger partial charge in [0.2, 0.25) is 0 Å². The molecule has 2 rings (SSSR count). The van der Waals surface area contributed by atoms with E-state index in [0.717, 1.165) is 71.2 Å². The Balaban J connectivity index is 1.85. The molecule has 28 heavy (non-hydrogen) atoms. The zero-order valence-corrected chi connectivity index (χ0v) is 17.6. The highest BCUT2D eigenvalue weighted by molar-refractivity contribution is 5.79. The minimum atomic E-state index is 0.247. The first kappa shape index (κ1) is 22.7. The molecule has 158 valence electrons. The number of rotatable bonds is 11. The van der Waals surface area contributed by atoms with Gasteiger partial charge in [0.15, 0.2) is 5.96 Å². The number of nitrogens with one attached hydrogen (secondary N) is 2. The molecule has 1 aromatic rings. The second-order valence-corrected chi connectivity index (χ2v) is 7.45. The first-order chi connectivity index (χ1) is 13.7. The Labute approximate surface area is 170 Å². The summed E-state index contributed by atoms with van der Waals surface area (Å²) in [7, 11) is 0. The lowest BCUT2D eigenvalue weighted by Crippen LogP contribution is -2.40. The second kappa shape index (κ2) is 13.5. The molecule has 3 N–H and O–H groups in total. The molecule has 6 nitrogen and oxygen atoms in total. The average Bonchev–Trinajstić information content (AvgIpc) is 2.72. The maximum Gasteiger partial charge on any atom is 0.191 e. The highest BCUT2D eigenvalue weighted by Crippen LogP contribution is 2.11. The van der Waals surface area contributed by atoms with E-state index in [0.29, 0.717) is 12.5 Å². The Bertz CT molecular complexity index is 550. The number of hydrogen-bond acceptors (Lipinski definition) is 4. The summed E-state index contributed by atoms with van der Waals surface area (Å²) in [6, 6.07) is 8.77. The predicted molar refractivity (Wildman–Crippen MR) is 115 cm³/mol. The standard InChI is InChI=1S/C22H38N4O2/c1-3-5-19(10-13-27)16-24-22(23-4-2)25-17-20-6-8-21(9-7-20)18-26-11-14-28-15-12-26/h6-9,19,27H,3-5,10-18H2,1-2H3,(H2,23,24,25). The summed E-state index contributed by atoms with van der Waals surface area (Å²) in [4.78, 5) is 7.16. The zero-order valence-electron chi connectivity index (χ0n) is 17.6. The molecule has 1 aliphatic rings. The number of hydrogen-bond donors (Lipinski definition) is 3. The van der Waals surface area contributed by atoms with Gasteiger partial charge in [0.25, 0.3) is 0 Å². The molecule has 1 aromatic carbocycles. The number of benzene rings is 1. The number of aliphatic imine (C=N–C) groups is 1. The minimum Gasteiger partial charge on any atom is -0.396 e. The first-order valence-corrected chi connectivity index (χ1v) is 10.8. The third-order valence-corrected chi connectivity index (χ3v) is 5.09. The van der Waals surface area contributed by atoms with E-state index in [1.54, 1.807) is 0 Å². The predicted octanol–water partition coefficient (Wildman–Crippen LogP) is 2.37. The van der Waals surface area contributed by atoms with E-state index < -0.39 is 0 Å². The van der Waals surface area contributed by atoms with E-state index in [-0.39, 0.29) is 6.61 Å². The summed E-state index contributed by atoms with van der Waals surface area (Å²) in [5.74, 6) is 1.33. The summed E-state index contributed by atoms with van der Waals surface area (Å²) in [6.45, 7) is 11.5. The van der Waals surface area contributed by atoms with Crippen LogP contribution >= 0.6 is 0 Å². The number of aliphatic hydroxyl groups excluding tert-OH is 1. The molecule has 0 aliphatic carbocycles. The number of nitrogens with zero attached hydrogens (tertiary/aromatic N) is 2. The van der Waals surface area contributed by atoms with Crippen molar-refractivity contribution < 1.29 is 9.84 Å². The third kappa shape index (κ3) is 8.59. The Morgan fingerprint density at radius 2 is 1.82 bits per heavy atom. The molecule has 1 atom stereocenters. The lowest BCUT2D eigenvalue weighted by molar-refractivity contribution is 0.0342. The quantitative estimate of drug-likeness (QED) is 0.400. The van der Waals surface area contributed by atoms with E-state index in [1.807, 2.05) is 0 Å². The summed E-state index contributed by atoms with van der Waals surface area (Å²) in [5.41, 5.74) is 2.55.